The van der Waals surface area contributed by atoms with Crippen LogP contribution in [-0.2, 0) is 0 Å². The van der Waals surface area contributed by atoms with Crippen molar-refractivity contribution >= 4 is 5.69 Å². The van der Waals surface area contributed by atoms with Crippen LogP contribution in [0.5, 0.6) is 0 Å². The van der Waals surface area contributed by atoms with Crippen molar-refractivity contribution in [1.82, 2.24) is 10.2 Å². The van der Waals surface area contributed by atoms with Crippen LogP contribution >= 0.6 is 0 Å². The minimum absolute atomic E-state index is 0.0431. The number of para-hydroxylation sites is 1. The molecular formula is C13H13N3O3. The van der Waals surface area contributed by atoms with Crippen LogP contribution < -0.4 is 0 Å². The molecule has 1 atom stereocenters. The Kier molecular flexibility index (Phi) is 3.70. The SMILES string of the molecule is C=CC[C@H](C)c1nnc(-c2ccccc2[N+](=O)[O-])o1. The number of hydrogen-bond acceptors (Lipinski definition) is 5. The first-order chi connectivity index (χ1) is 9.13. The van der Waals surface area contributed by atoms with Gasteiger partial charge in [0.05, 0.1) is 4.92 Å². The topological polar surface area (TPSA) is 82.1 Å². The first kappa shape index (κ1) is 12.9. The maximum Gasteiger partial charge on any atom is 0.282 e. The number of nitrogens with zero attached hydrogens (tertiary/aromatic N) is 3. The predicted octanol–water partition coefficient (Wildman–Crippen LogP) is 3.32. The van der Waals surface area contributed by atoms with Crippen molar-refractivity contribution in [3.63, 3.8) is 0 Å². The maximum atomic E-state index is 10.9. The van der Waals surface area contributed by atoms with Crippen molar-refractivity contribution < 1.29 is 9.34 Å². The smallest absolute Gasteiger partial charge is 0.282 e. The standard InChI is InChI=1S/C13H13N3O3/c1-3-6-9(2)12-14-15-13(19-12)10-7-4-5-8-11(10)16(17)18/h3-5,7-9H,1,6H2,2H3/t9-/m0/s1. The molecule has 0 aliphatic carbocycles. The molecule has 0 aliphatic rings. The summed E-state index contributed by atoms with van der Waals surface area (Å²) in [6.07, 6.45) is 2.47. The van der Waals surface area contributed by atoms with Crippen molar-refractivity contribution in [1.29, 1.82) is 0 Å². The number of aromatic nitrogens is 2. The fourth-order valence-electron chi connectivity index (χ4n) is 1.71. The summed E-state index contributed by atoms with van der Waals surface area (Å²) >= 11 is 0. The summed E-state index contributed by atoms with van der Waals surface area (Å²) in [5, 5.41) is 18.7. The molecule has 0 bridgehead atoms. The van der Waals surface area contributed by atoms with Gasteiger partial charge in [0.2, 0.25) is 5.89 Å². The van der Waals surface area contributed by atoms with E-state index < -0.39 is 4.92 Å². The summed E-state index contributed by atoms with van der Waals surface area (Å²) in [6.45, 7) is 5.58. The Balaban J connectivity index is 2.38. The second-order valence-corrected chi connectivity index (χ2v) is 4.15. The summed E-state index contributed by atoms with van der Waals surface area (Å²) in [6, 6.07) is 6.29. The van der Waals surface area contributed by atoms with Gasteiger partial charge in [-0.1, -0.05) is 25.1 Å². The molecule has 2 rings (SSSR count). The lowest BCUT2D eigenvalue weighted by atomic mass is 10.1. The number of rotatable bonds is 5. The van der Waals surface area contributed by atoms with E-state index in [9.17, 15) is 10.1 Å². The molecule has 19 heavy (non-hydrogen) atoms. The quantitative estimate of drug-likeness (QED) is 0.467. The Labute approximate surface area is 109 Å². The molecule has 0 fully saturated rings. The third-order valence-electron chi connectivity index (χ3n) is 2.71. The molecule has 0 saturated carbocycles. The summed E-state index contributed by atoms with van der Waals surface area (Å²) in [7, 11) is 0. The van der Waals surface area contributed by atoms with Gasteiger partial charge in [0.15, 0.2) is 0 Å². The van der Waals surface area contributed by atoms with Crippen molar-refractivity contribution in [3.05, 3.63) is 52.9 Å². The largest absolute Gasteiger partial charge is 0.420 e. The molecule has 0 radical (unpaired) electrons. The molecule has 0 spiro atoms. The molecule has 0 N–H and O–H groups in total. The average Bonchev–Trinajstić information content (AvgIpc) is 2.88. The highest BCUT2D eigenvalue weighted by atomic mass is 16.6. The lowest BCUT2D eigenvalue weighted by molar-refractivity contribution is -0.384. The van der Waals surface area contributed by atoms with E-state index in [2.05, 4.69) is 16.8 Å². The van der Waals surface area contributed by atoms with Crippen LogP contribution in [0, 0.1) is 10.1 Å². The van der Waals surface area contributed by atoms with Gasteiger partial charge in [-0.2, -0.15) is 0 Å². The molecule has 6 nitrogen and oxygen atoms in total. The Morgan fingerprint density at radius 2 is 2.21 bits per heavy atom. The van der Waals surface area contributed by atoms with E-state index in [0.717, 1.165) is 0 Å². The van der Waals surface area contributed by atoms with Crippen molar-refractivity contribution in [3.8, 4) is 11.5 Å². The zero-order valence-corrected chi connectivity index (χ0v) is 10.4. The minimum Gasteiger partial charge on any atom is -0.420 e. The van der Waals surface area contributed by atoms with Gasteiger partial charge in [0, 0.05) is 12.0 Å². The van der Waals surface area contributed by atoms with E-state index in [1.54, 1.807) is 24.3 Å². The zero-order valence-electron chi connectivity index (χ0n) is 10.4. The molecule has 6 heteroatoms. The normalized spacial score (nSPS) is 12.1. The van der Waals surface area contributed by atoms with Crippen LogP contribution in [0.15, 0.2) is 41.3 Å². The Morgan fingerprint density at radius 3 is 2.89 bits per heavy atom. The number of nitro benzene ring substituents is 1. The number of allylic oxidation sites excluding steroid dienone is 1. The zero-order chi connectivity index (χ0) is 13.8. The second-order valence-electron chi connectivity index (χ2n) is 4.15. The number of nitro groups is 1. The van der Waals surface area contributed by atoms with E-state index in [1.165, 1.54) is 6.07 Å². The predicted molar refractivity (Wildman–Crippen MR) is 69.6 cm³/mol. The van der Waals surface area contributed by atoms with Crippen LogP contribution in [0.3, 0.4) is 0 Å². The van der Waals surface area contributed by atoms with Crippen molar-refractivity contribution in [2.24, 2.45) is 0 Å². The molecule has 1 heterocycles. The molecular weight excluding hydrogens is 246 g/mol. The summed E-state index contributed by atoms with van der Waals surface area (Å²) in [4.78, 5) is 10.5. The van der Waals surface area contributed by atoms with Crippen molar-refractivity contribution in [2.45, 2.75) is 19.3 Å². The van der Waals surface area contributed by atoms with E-state index in [-0.39, 0.29) is 17.5 Å². The lowest BCUT2D eigenvalue weighted by Gasteiger charge is -2.01. The third kappa shape index (κ3) is 2.67. The van der Waals surface area contributed by atoms with Gasteiger partial charge in [-0.15, -0.1) is 16.8 Å². The number of benzene rings is 1. The van der Waals surface area contributed by atoms with E-state index >= 15 is 0 Å². The highest BCUT2D eigenvalue weighted by Crippen LogP contribution is 2.30. The summed E-state index contributed by atoms with van der Waals surface area (Å²) in [5.74, 6) is 0.660. The van der Waals surface area contributed by atoms with Gasteiger partial charge in [-0.3, -0.25) is 10.1 Å². The molecule has 2 aromatic rings. The van der Waals surface area contributed by atoms with E-state index in [4.69, 9.17) is 4.42 Å². The van der Waals surface area contributed by atoms with Crippen LogP contribution in [0.4, 0.5) is 5.69 Å². The minimum atomic E-state index is -0.466. The second kappa shape index (κ2) is 5.43. The van der Waals surface area contributed by atoms with Gasteiger partial charge in [-0.05, 0) is 12.5 Å². The first-order valence-electron chi connectivity index (χ1n) is 5.81. The average molecular weight is 259 g/mol. The van der Waals surface area contributed by atoms with Crippen LogP contribution in [0.25, 0.3) is 11.5 Å². The first-order valence-corrected chi connectivity index (χ1v) is 5.81. The fourth-order valence-corrected chi connectivity index (χ4v) is 1.71. The Morgan fingerprint density at radius 1 is 1.47 bits per heavy atom. The third-order valence-corrected chi connectivity index (χ3v) is 2.71. The Bertz CT molecular complexity index is 607. The van der Waals surface area contributed by atoms with Crippen LogP contribution in [-0.4, -0.2) is 15.1 Å². The van der Waals surface area contributed by atoms with Gasteiger partial charge < -0.3 is 4.42 Å². The molecule has 0 aliphatic heterocycles. The lowest BCUT2D eigenvalue weighted by Crippen LogP contribution is -1.91. The van der Waals surface area contributed by atoms with Gasteiger partial charge in [0.25, 0.3) is 11.6 Å². The van der Waals surface area contributed by atoms with Crippen LogP contribution in [0.1, 0.15) is 25.2 Å². The highest BCUT2D eigenvalue weighted by molar-refractivity contribution is 5.66. The summed E-state index contributed by atoms with van der Waals surface area (Å²) < 4.78 is 5.50. The Hall–Kier alpha value is -2.50. The molecule has 98 valence electrons. The fraction of sp³-hybridized carbons (Fsp3) is 0.231. The maximum absolute atomic E-state index is 10.9. The van der Waals surface area contributed by atoms with Crippen molar-refractivity contribution in [2.75, 3.05) is 0 Å². The van der Waals surface area contributed by atoms with Gasteiger partial charge >= 0.3 is 0 Å². The summed E-state index contributed by atoms with van der Waals surface area (Å²) in [5.41, 5.74) is 0.283. The molecule has 1 aromatic carbocycles. The van der Waals surface area contributed by atoms with E-state index in [1.807, 2.05) is 6.92 Å². The monoisotopic (exact) mass is 259 g/mol. The molecule has 0 amide bonds. The highest BCUT2D eigenvalue weighted by Gasteiger charge is 2.20. The molecule has 1 aromatic heterocycles. The van der Waals surface area contributed by atoms with Gasteiger partial charge in [-0.25, -0.2) is 0 Å². The molecule has 0 saturated heterocycles. The molecule has 0 unspecified atom stereocenters. The van der Waals surface area contributed by atoms with Crippen LogP contribution in [0.2, 0.25) is 0 Å². The van der Waals surface area contributed by atoms with E-state index in [0.29, 0.717) is 17.9 Å². The number of hydrogen-bond donors (Lipinski definition) is 0. The van der Waals surface area contributed by atoms with Gasteiger partial charge in [0.1, 0.15) is 5.56 Å².